The van der Waals surface area contributed by atoms with Crippen LogP contribution in [0.3, 0.4) is 0 Å². The number of carbonyl (C=O) groups excluding carboxylic acids is 1. The molecule has 5 heteroatoms. The van der Waals surface area contributed by atoms with Crippen molar-refractivity contribution in [2.75, 3.05) is 12.4 Å². The van der Waals surface area contributed by atoms with Gasteiger partial charge in [-0.1, -0.05) is 18.2 Å². The molecule has 3 aromatic carbocycles. The van der Waals surface area contributed by atoms with Crippen molar-refractivity contribution in [2.45, 2.75) is 6.92 Å². The van der Waals surface area contributed by atoms with E-state index in [0.29, 0.717) is 17.2 Å². The van der Waals surface area contributed by atoms with Gasteiger partial charge in [-0.2, -0.15) is 0 Å². The summed E-state index contributed by atoms with van der Waals surface area (Å²) in [5.41, 5.74) is 4.56. The number of methoxy groups -OCH3 is 1. The predicted molar refractivity (Wildman–Crippen MR) is 105 cm³/mol. The van der Waals surface area contributed by atoms with Crippen molar-refractivity contribution in [2.24, 2.45) is 0 Å². The van der Waals surface area contributed by atoms with Crippen molar-refractivity contribution in [3.05, 3.63) is 77.9 Å². The zero-order chi connectivity index (χ0) is 18.8. The lowest BCUT2D eigenvalue weighted by Gasteiger charge is -2.11. The molecule has 0 fully saturated rings. The molecule has 0 aliphatic carbocycles. The van der Waals surface area contributed by atoms with Crippen molar-refractivity contribution < 1.29 is 13.9 Å². The Bertz CT molecular complexity index is 1080. The quantitative estimate of drug-likeness (QED) is 0.553. The van der Waals surface area contributed by atoms with Crippen LogP contribution in [0.4, 0.5) is 5.69 Å². The number of hydrogen-bond donors (Lipinski definition) is 1. The Labute approximate surface area is 156 Å². The zero-order valence-corrected chi connectivity index (χ0v) is 15.0. The first-order chi connectivity index (χ1) is 13.2. The first-order valence-corrected chi connectivity index (χ1v) is 8.56. The highest BCUT2D eigenvalue weighted by molar-refractivity contribution is 6.05. The molecule has 1 amide bonds. The Balaban J connectivity index is 1.64. The summed E-state index contributed by atoms with van der Waals surface area (Å²) in [6, 6.07) is 20.3. The number of rotatable bonds is 4. The molecule has 5 nitrogen and oxygen atoms in total. The van der Waals surface area contributed by atoms with Gasteiger partial charge in [-0.15, -0.1) is 0 Å². The zero-order valence-electron chi connectivity index (χ0n) is 15.0. The number of anilines is 1. The van der Waals surface area contributed by atoms with E-state index >= 15 is 0 Å². The Hall–Kier alpha value is -3.60. The van der Waals surface area contributed by atoms with Crippen molar-refractivity contribution in [1.82, 2.24) is 4.98 Å². The lowest BCUT2D eigenvalue weighted by molar-refractivity contribution is 0.102. The van der Waals surface area contributed by atoms with Crippen LogP contribution in [-0.2, 0) is 0 Å². The maximum Gasteiger partial charge on any atom is 0.255 e. The third-order valence-electron chi connectivity index (χ3n) is 4.46. The Morgan fingerprint density at radius 2 is 1.78 bits per heavy atom. The molecule has 134 valence electrons. The van der Waals surface area contributed by atoms with Gasteiger partial charge in [0, 0.05) is 16.8 Å². The van der Waals surface area contributed by atoms with Gasteiger partial charge < -0.3 is 14.5 Å². The second-order valence-electron chi connectivity index (χ2n) is 6.15. The van der Waals surface area contributed by atoms with Crippen LogP contribution in [0.5, 0.6) is 5.75 Å². The number of nitrogens with zero attached hydrogens (tertiary/aromatic N) is 1. The molecule has 1 aromatic heterocycles. The minimum Gasteiger partial charge on any atom is -0.497 e. The summed E-state index contributed by atoms with van der Waals surface area (Å²) in [6.07, 6.45) is 0. The number of fused-ring (bicyclic) bond motifs is 1. The molecule has 0 radical (unpaired) electrons. The van der Waals surface area contributed by atoms with Crippen LogP contribution >= 0.6 is 0 Å². The second-order valence-corrected chi connectivity index (χ2v) is 6.15. The average Bonchev–Trinajstić information content (AvgIpc) is 3.13. The SMILES string of the molecule is COc1ccc(C(=O)Nc2cccc(-c3nc4ccccc4o3)c2C)cc1. The summed E-state index contributed by atoms with van der Waals surface area (Å²) in [5, 5.41) is 2.96. The van der Waals surface area contributed by atoms with Gasteiger partial charge in [-0.25, -0.2) is 4.98 Å². The van der Waals surface area contributed by atoms with Gasteiger partial charge in [-0.3, -0.25) is 4.79 Å². The number of benzene rings is 3. The molecule has 0 saturated carbocycles. The maximum absolute atomic E-state index is 12.6. The fourth-order valence-corrected chi connectivity index (χ4v) is 2.93. The van der Waals surface area contributed by atoms with Gasteiger partial charge in [0.1, 0.15) is 11.3 Å². The van der Waals surface area contributed by atoms with E-state index in [1.54, 1.807) is 31.4 Å². The summed E-state index contributed by atoms with van der Waals surface area (Å²) in [6.45, 7) is 1.94. The molecule has 4 rings (SSSR count). The first-order valence-electron chi connectivity index (χ1n) is 8.56. The monoisotopic (exact) mass is 358 g/mol. The molecular weight excluding hydrogens is 340 g/mol. The average molecular weight is 358 g/mol. The molecule has 0 aliphatic heterocycles. The molecule has 0 saturated heterocycles. The van der Waals surface area contributed by atoms with Crippen LogP contribution in [0.25, 0.3) is 22.6 Å². The third-order valence-corrected chi connectivity index (χ3v) is 4.46. The normalized spacial score (nSPS) is 10.7. The molecule has 27 heavy (non-hydrogen) atoms. The van der Waals surface area contributed by atoms with Gasteiger partial charge in [0.05, 0.1) is 7.11 Å². The summed E-state index contributed by atoms with van der Waals surface area (Å²) < 4.78 is 11.0. The van der Waals surface area contributed by atoms with Crippen LogP contribution in [0.1, 0.15) is 15.9 Å². The summed E-state index contributed by atoms with van der Waals surface area (Å²) in [4.78, 5) is 17.1. The van der Waals surface area contributed by atoms with Crippen molar-refractivity contribution in [3.8, 4) is 17.2 Å². The fourth-order valence-electron chi connectivity index (χ4n) is 2.93. The van der Waals surface area contributed by atoms with Crippen LogP contribution in [-0.4, -0.2) is 18.0 Å². The van der Waals surface area contributed by atoms with Gasteiger partial charge >= 0.3 is 0 Å². The molecule has 1 heterocycles. The van der Waals surface area contributed by atoms with Gasteiger partial charge in [0.15, 0.2) is 5.58 Å². The Morgan fingerprint density at radius 1 is 1.00 bits per heavy atom. The molecule has 0 spiro atoms. The second kappa shape index (κ2) is 6.96. The van der Waals surface area contributed by atoms with Crippen LogP contribution in [0, 0.1) is 6.92 Å². The molecule has 4 aromatic rings. The van der Waals surface area contributed by atoms with Gasteiger partial charge in [0.25, 0.3) is 5.91 Å². The summed E-state index contributed by atoms with van der Waals surface area (Å²) in [7, 11) is 1.59. The Morgan fingerprint density at radius 3 is 2.52 bits per heavy atom. The third kappa shape index (κ3) is 3.27. The molecule has 0 aliphatic rings. The number of nitrogens with one attached hydrogen (secondary N) is 1. The number of para-hydroxylation sites is 2. The van der Waals surface area contributed by atoms with Crippen molar-refractivity contribution in [3.63, 3.8) is 0 Å². The van der Waals surface area contributed by atoms with Gasteiger partial charge in [-0.05, 0) is 61.0 Å². The van der Waals surface area contributed by atoms with Crippen molar-refractivity contribution in [1.29, 1.82) is 0 Å². The molecule has 0 bridgehead atoms. The largest absolute Gasteiger partial charge is 0.497 e. The highest BCUT2D eigenvalue weighted by atomic mass is 16.5. The number of hydrogen-bond acceptors (Lipinski definition) is 4. The number of ether oxygens (including phenoxy) is 1. The van der Waals surface area contributed by atoms with E-state index < -0.39 is 0 Å². The minimum absolute atomic E-state index is 0.185. The van der Waals surface area contributed by atoms with Crippen LogP contribution < -0.4 is 10.1 Å². The van der Waals surface area contributed by atoms with Crippen LogP contribution in [0.15, 0.2) is 71.1 Å². The van der Waals surface area contributed by atoms with E-state index in [0.717, 1.165) is 27.9 Å². The summed E-state index contributed by atoms with van der Waals surface area (Å²) >= 11 is 0. The molecule has 1 N–H and O–H groups in total. The predicted octanol–water partition coefficient (Wildman–Crippen LogP) is 5.06. The highest BCUT2D eigenvalue weighted by Crippen LogP contribution is 2.30. The number of amides is 1. The van der Waals surface area contributed by atoms with Crippen LogP contribution in [0.2, 0.25) is 0 Å². The lowest BCUT2D eigenvalue weighted by atomic mass is 10.1. The molecule has 0 atom stereocenters. The number of carbonyl (C=O) groups is 1. The standard InChI is InChI=1S/C22H18N2O3/c1-14-17(22-24-19-7-3-4-9-20(19)27-22)6-5-8-18(14)23-21(25)15-10-12-16(26-2)13-11-15/h3-13H,1-2H3,(H,23,25). The van der Waals surface area contributed by atoms with Crippen molar-refractivity contribution >= 4 is 22.7 Å². The van der Waals surface area contributed by atoms with Gasteiger partial charge in [0.2, 0.25) is 5.89 Å². The van der Waals surface area contributed by atoms with E-state index in [-0.39, 0.29) is 5.91 Å². The minimum atomic E-state index is -0.185. The van der Waals surface area contributed by atoms with E-state index in [1.807, 2.05) is 49.4 Å². The lowest BCUT2D eigenvalue weighted by Crippen LogP contribution is -2.12. The first kappa shape index (κ1) is 16.8. The van der Waals surface area contributed by atoms with E-state index in [1.165, 1.54) is 0 Å². The number of oxazole rings is 1. The topological polar surface area (TPSA) is 64.4 Å². The molecular formula is C22H18N2O3. The fraction of sp³-hybridized carbons (Fsp3) is 0.0909. The molecule has 0 unspecified atom stereocenters. The number of aromatic nitrogens is 1. The van der Waals surface area contributed by atoms with E-state index in [9.17, 15) is 4.79 Å². The smallest absolute Gasteiger partial charge is 0.255 e. The highest BCUT2D eigenvalue weighted by Gasteiger charge is 2.14. The summed E-state index contributed by atoms with van der Waals surface area (Å²) in [5.74, 6) is 1.06. The van der Waals surface area contributed by atoms with E-state index in [2.05, 4.69) is 10.3 Å². The van der Waals surface area contributed by atoms with E-state index in [4.69, 9.17) is 9.15 Å². The Kier molecular flexibility index (Phi) is 4.34. The maximum atomic E-state index is 12.6.